The fourth-order valence-electron chi connectivity index (χ4n) is 2.72. The summed E-state index contributed by atoms with van der Waals surface area (Å²) < 4.78 is 1.53. The van der Waals surface area contributed by atoms with Crippen LogP contribution >= 0.6 is 0 Å². The molecule has 1 atom stereocenters. The molecule has 3 heterocycles. The average molecular weight is 332 g/mol. The molecule has 7 nitrogen and oxygen atoms in total. The van der Waals surface area contributed by atoms with E-state index in [1.54, 1.807) is 19.3 Å². The first kappa shape index (κ1) is 15.1. The van der Waals surface area contributed by atoms with Crippen molar-refractivity contribution < 1.29 is 0 Å². The highest BCUT2D eigenvalue weighted by atomic mass is 16.1. The van der Waals surface area contributed by atoms with Crippen LogP contribution in [0.5, 0.6) is 0 Å². The van der Waals surface area contributed by atoms with Crippen molar-refractivity contribution in [1.82, 2.24) is 14.5 Å². The van der Waals surface area contributed by atoms with Crippen molar-refractivity contribution in [2.45, 2.75) is 13.1 Å². The minimum atomic E-state index is -0.531. The number of rotatable bonds is 2. The predicted molar refractivity (Wildman–Crippen MR) is 96.7 cm³/mol. The van der Waals surface area contributed by atoms with Crippen molar-refractivity contribution in [1.29, 1.82) is 0 Å². The Balaban J connectivity index is 1.81. The van der Waals surface area contributed by atoms with E-state index < -0.39 is 6.17 Å². The second-order valence-corrected chi connectivity index (χ2v) is 5.68. The molecule has 3 aromatic rings. The summed E-state index contributed by atoms with van der Waals surface area (Å²) in [6.07, 6.45) is 2.86. The van der Waals surface area contributed by atoms with Gasteiger partial charge in [0.15, 0.2) is 6.17 Å². The molecule has 2 N–H and O–H groups in total. The zero-order valence-corrected chi connectivity index (χ0v) is 13.5. The highest BCUT2D eigenvalue weighted by Crippen LogP contribution is 2.25. The van der Waals surface area contributed by atoms with Crippen LogP contribution in [-0.4, -0.2) is 20.5 Å². The number of guanidine groups is 1. The van der Waals surface area contributed by atoms with Gasteiger partial charge in [0, 0.05) is 35.4 Å². The van der Waals surface area contributed by atoms with Gasteiger partial charge in [-0.15, -0.1) is 0 Å². The van der Waals surface area contributed by atoms with Gasteiger partial charge < -0.3 is 5.32 Å². The number of para-hydroxylation sites is 1. The zero-order chi connectivity index (χ0) is 17.2. The molecule has 0 spiro atoms. The van der Waals surface area contributed by atoms with Gasteiger partial charge in [0.1, 0.15) is 0 Å². The molecule has 4 rings (SSSR count). The van der Waals surface area contributed by atoms with E-state index in [1.807, 2.05) is 42.5 Å². The molecule has 0 fully saturated rings. The molecule has 1 unspecified atom stereocenters. The van der Waals surface area contributed by atoms with E-state index >= 15 is 0 Å². The molecule has 0 bridgehead atoms. The normalized spacial score (nSPS) is 15.7. The van der Waals surface area contributed by atoms with Crippen LogP contribution in [0.25, 0.3) is 0 Å². The molecule has 0 saturated carbocycles. The van der Waals surface area contributed by atoms with E-state index in [1.165, 1.54) is 10.6 Å². The summed E-state index contributed by atoms with van der Waals surface area (Å²) in [5, 5.41) is 6.32. The van der Waals surface area contributed by atoms with Crippen LogP contribution in [0.2, 0.25) is 0 Å². The van der Waals surface area contributed by atoms with E-state index in [4.69, 9.17) is 0 Å². The summed E-state index contributed by atoms with van der Waals surface area (Å²) in [5.41, 5.74) is 2.19. The van der Waals surface area contributed by atoms with E-state index in [0.29, 0.717) is 17.6 Å². The Labute approximate surface area is 144 Å². The Kier molecular flexibility index (Phi) is 3.74. The second kappa shape index (κ2) is 6.20. The number of pyridine rings is 1. The van der Waals surface area contributed by atoms with E-state index in [0.717, 1.165) is 11.3 Å². The first-order chi connectivity index (χ1) is 12.2. The molecule has 25 heavy (non-hydrogen) atoms. The van der Waals surface area contributed by atoms with Gasteiger partial charge in [-0.25, -0.2) is 9.98 Å². The summed E-state index contributed by atoms with van der Waals surface area (Å²) >= 11 is 0. The molecule has 7 heteroatoms. The van der Waals surface area contributed by atoms with E-state index in [9.17, 15) is 4.79 Å². The fourth-order valence-corrected chi connectivity index (χ4v) is 2.72. The van der Waals surface area contributed by atoms with Crippen LogP contribution in [0.15, 0.2) is 70.7 Å². The highest BCUT2D eigenvalue weighted by Gasteiger charge is 2.25. The Morgan fingerprint density at radius 2 is 2.00 bits per heavy atom. The molecule has 0 aliphatic carbocycles. The van der Waals surface area contributed by atoms with Crippen molar-refractivity contribution in [3.63, 3.8) is 0 Å². The lowest BCUT2D eigenvalue weighted by Gasteiger charge is -2.26. The van der Waals surface area contributed by atoms with Crippen LogP contribution in [-0.2, 0) is 0 Å². The maximum absolute atomic E-state index is 12.5. The second-order valence-electron chi connectivity index (χ2n) is 5.68. The van der Waals surface area contributed by atoms with E-state index in [-0.39, 0.29) is 5.56 Å². The number of hydrogen-bond donors (Lipinski definition) is 2. The number of hydrogen-bond acceptors (Lipinski definition) is 6. The molecule has 2 aromatic heterocycles. The van der Waals surface area contributed by atoms with Crippen molar-refractivity contribution in [3.8, 4) is 0 Å². The van der Waals surface area contributed by atoms with Crippen LogP contribution in [0.3, 0.4) is 0 Å². The molecular weight excluding hydrogens is 316 g/mol. The minimum absolute atomic E-state index is 0.161. The predicted octanol–water partition coefficient (Wildman–Crippen LogP) is 2.39. The van der Waals surface area contributed by atoms with Gasteiger partial charge in [0.05, 0.1) is 0 Å². The third-order valence-corrected chi connectivity index (χ3v) is 3.83. The van der Waals surface area contributed by atoms with Gasteiger partial charge in [-0.05, 0) is 25.1 Å². The van der Waals surface area contributed by atoms with Crippen LogP contribution in [0.1, 0.15) is 17.4 Å². The molecule has 124 valence electrons. The molecular formula is C18H16N6O. The number of aliphatic imine (C=N–C) groups is 1. The maximum Gasteiger partial charge on any atom is 0.257 e. The van der Waals surface area contributed by atoms with Crippen molar-refractivity contribution >= 4 is 17.6 Å². The first-order valence-electron chi connectivity index (χ1n) is 7.88. The third-order valence-electron chi connectivity index (χ3n) is 3.83. The maximum atomic E-state index is 12.5. The standard InChI is InChI=1S/C18H16N6O/c1-12-10-15(25)24-16(13-6-5-9-19-11-13)22-17(23-18(24)20-12)21-14-7-3-2-4-8-14/h2-11,16H,1H3,(H2,20,21,22,23). The molecule has 0 radical (unpaired) electrons. The fraction of sp³-hybridized carbons (Fsp3) is 0.111. The Bertz CT molecular complexity index is 981. The Hall–Kier alpha value is -3.48. The van der Waals surface area contributed by atoms with Crippen LogP contribution in [0, 0.1) is 6.92 Å². The largest absolute Gasteiger partial charge is 0.326 e. The van der Waals surface area contributed by atoms with Crippen LogP contribution in [0.4, 0.5) is 11.6 Å². The van der Waals surface area contributed by atoms with Gasteiger partial charge >= 0.3 is 0 Å². The van der Waals surface area contributed by atoms with Crippen molar-refractivity contribution in [2.75, 3.05) is 10.6 Å². The van der Waals surface area contributed by atoms with Crippen LogP contribution < -0.4 is 16.2 Å². The molecule has 1 aliphatic heterocycles. The summed E-state index contributed by atoms with van der Waals surface area (Å²) in [7, 11) is 0. The van der Waals surface area contributed by atoms with Gasteiger partial charge in [-0.3, -0.25) is 19.7 Å². The number of aromatic nitrogens is 3. The topological polar surface area (TPSA) is 84.2 Å². The van der Waals surface area contributed by atoms with Gasteiger partial charge in [0.2, 0.25) is 11.9 Å². The van der Waals surface area contributed by atoms with Crippen molar-refractivity contribution in [3.05, 3.63) is 82.5 Å². The molecule has 0 amide bonds. The average Bonchev–Trinajstić information content (AvgIpc) is 2.62. The van der Waals surface area contributed by atoms with Gasteiger partial charge in [0.25, 0.3) is 5.56 Å². The monoisotopic (exact) mass is 332 g/mol. The quantitative estimate of drug-likeness (QED) is 0.753. The molecule has 1 aliphatic rings. The molecule has 1 aromatic carbocycles. The van der Waals surface area contributed by atoms with Crippen molar-refractivity contribution in [2.24, 2.45) is 4.99 Å². The summed E-state index contributed by atoms with van der Waals surface area (Å²) in [6.45, 7) is 1.79. The number of aryl methyl sites for hydroxylation is 1. The zero-order valence-electron chi connectivity index (χ0n) is 13.5. The lowest BCUT2D eigenvalue weighted by Crippen LogP contribution is -2.37. The lowest BCUT2D eigenvalue weighted by molar-refractivity contribution is 0.575. The number of anilines is 2. The lowest BCUT2D eigenvalue weighted by atomic mass is 10.2. The van der Waals surface area contributed by atoms with Gasteiger partial charge in [-0.2, -0.15) is 0 Å². The number of fused-ring (bicyclic) bond motifs is 1. The highest BCUT2D eigenvalue weighted by molar-refractivity contribution is 6.03. The number of nitrogens with one attached hydrogen (secondary N) is 2. The smallest absolute Gasteiger partial charge is 0.257 e. The Morgan fingerprint density at radius 3 is 2.76 bits per heavy atom. The summed E-state index contributed by atoms with van der Waals surface area (Å²) in [4.78, 5) is 25.8. The first-order valence-corrected chi connectivity index (χ1v) is 7.88. The minimum Gasteiger partial charge on any atom is -0.326 e. The van der Waals surface area contributed by atoms with Gasteiger partial charge in [-0.1, -0.05) is 24.3 Å². The summed E-state index contributed by atoms with van der Waals surface area (Å²) in [6, 6.07) is 14.9. The number of nitrogens with zero attached hydrogens (tertiary/aromatic N) is 4. The van der Waals surface area contributed by atoms with E-state index in [2.05, 4.69) is 25.6 Å². The summed E-state index contributed by atoms with van der Waals surface area (Å²) in [5.74, 6) is 0.977. The molecule has 0 saturated heterocycles. The SMILES string of the molecule is Cc1cc(=O)n2c(n1)NC(Nc1ccccc1)=NC2c1cccnc1. The third kappa shape index (κ3) is 2.99. The number of benzene rings is 1. The Morgan fingerprint density at radius 1 is 1.16 bits per heavy atom.